The first kappa shape index (κ1) is 10.0. The van der Waals surface area contributed by atoms with Crippen molar-refractivity contribution in [3.05, 3.63) is 0 Å². The largest absolute Gasteiger partial charge is 0.319 e. The Hall–Kier alpha value is -0.0800. The summed E-state index contributed by atoms with van der Waals surface area (Å²) in [4.78, 5) is 2.50. The summed E-state index contributed by atoms with van der Waals surface area (Å²) in [5, 5.41) is 3.25. The van der Waals surface area contributed by atoms with Crippen molar-refractivity contribution in [2.45, 2.75) is 32.7 Å². The van der Waals surface area contributed by atoms with Crippen LogP contribution in [0.3, 0.4) is 0 Å². The lowest BCUT2D eigenvalue weighted by atomic mass is 9.93. The molecule has 0 bridgehead atoms. The number of nitrogens with one attached hydrogen (secondary N) is 1. The number of nitrogens with zero attached hydrogens (tertiary/aromatic N) is 1. The average molecular weight is 170 g/mol. The van der Waals surface area contributed by atoms with E-state index in [1.54, 1.807) is 0 Å². The van der Waals surface area contributed by atoms with E-state index in [-0.39, 0.29) is 0 Å². The Bertz CT molecular complexity index is 139. The molecule has 12 heavy (non-hydrogen) atoms. The summed E-state index contributed by atoms with van der Waals surface area (Å²) in [5.41, 5.74) is 0.409. The van der Waals surface area contributed by atoms with Gasteiger partial charge in [-0.05, 0) is 32.4 Å². The zero-order chi connectivity index (χ0) is 9.19. The number of hydrogen-bond acceptors (Lipinski definition) is 2. The van der Waals surface area contributed by atoms with Crippen molar-refractivity contribution in [1.82, 2.24) is 10.2 Å². The Morgan fingerprint density at radius 3 is 2.42 bits per heavy atom. The van der Waals surface area contributed by atoms with E-state index in [1.165, 1.54) is 19.4 Å². The zero-order valence-corrected chi connectivity index (χ0v) is 8.85. The van der Waals surface area contributed by atoms with Crippen LogP contribution in [0.5, 0.6) is 0 Å². The van der Waals surface area contributed by atoms with Gasteiger partial charge in [-0.15, -0.1) is 0 Å². The Morgan fingerprint density at radius 1 is 1.42 bits per heavy atom. The maximum atomic E-state index is 3.25. The second-order valence-corrected chi connectivity index (χ2v) is 4.84. The molecule has 1 fully saturated rings. The summed E-state index contributed by atoms with van der Waals surface area (Å²) in [7, 11) is 4.27. The predicted molar refractivity (Wildman–Crippen MR) is 53.4 cm³/mol. The van der Waals surface area contributed by atoms with Crippen LogP contribution in [0, 0.1) is 5.41 Å². The fourth-order valence-electron chi connectivity index (χ4n) is 1.85. The lowest BCUT2D eigenvalue weighted by molar-refractivity contribution is 0.200. The normalized spacial score (nSPS) is 18.8. The molecule has 0 saturated heterocycles. The molecule has 0 aliphatic heterocycles. The summed E-state index contributed by atoms with van der Waals surface area (Å²) in [6, 6.07) is 0.890. The third-order valence-corrected chi connectivity index (χ3v) is 2.50. The molecule has 0 unspecified atom stereocenters. The second-order valence-electron chi connectivity index (χ2n) is 4.84. The van der Waals surface area contributed by atoms with Crippen molar-refractivity contribution in [2.24, 2.45) is 5.41 Å². The first-order valence-electron chi connectivity index (χ1n) is 4.90. The minimum absolute atomic E-state index is 0.409. The van der Waals surface area contributed by atoms with E-state index in [4.69, 9.17) is 0 Å². The molecule has 0 atom stereocenters. The molecule has 1 aliphatic rings. The molecule has 0 spiro atoms. The third kappa shape index (κ3) is 3.11. The van der Waals surface area contributed by atoms with E-state index in [0.29, 0.717) is 5.41 Å². The van der Waals surface area contributed by atoms with E-state index < -0.39 is 0 Å². The molecule has 1 N–H and O–H groups in total. The first-order chi connectivity index (χ1) is 5.55. The van der Waals surface area contributed by atoms with E-state index >= 15 is 0 Å². The first-order valence-corrected chi connectivity index (χ1v) is 4.90. The van der Waals surface area contributed by atoms with Crippen molar-refractivity contribution in [1.29, 1.82) is 0 Å². The molecule has 1 rings (SSSR count). The summed E-state index contributed by atoms with van der Waals surface area (Å²) in [6.07, 6.45) is 2.82. The van der Waals surface area contributed by atoms with Crippen LogP contribution in [0.2, 0.25) is 0 Å². The van der Waals surface area contributed by atoms with Crippen molar-refractivity contribution < 1.29 is 0 Å². The van der Waals surface area contributed by atoms with Crippen LogP contribution >= 0.6 is 0 Å². The molecule has 72 valence electrons. The molecule has 0 heterocycles. The fraction of sp³-hybridized carbons (Fsp3) is 1.00. The number of hydrogen-bond donors (Lipinski definition) is 1. The molecule has 0 radical (unpaired) electrons. The highest BCUT2D eigenvalue weighted by atomic mass is 15.2. The van der Waals surface area contributed by atoms with Gasteiger partial charge in [0.25, 0.3) is 0 Å². The zero-order valence-electron chi connectivity index (χ0n) is 8.85. The van der Waals surface area contributed by atoms with E-state index in [2.05, 4.69) is 31.1 Å². The molecule has 1 aliphatic carbocycles. The molecule has 0 aromatic heterocycles. The van der Waals surface area contributed by atoms with Crippen LogP contribution in [0.15, 0.2) is 0 Å². The molecule has 0 aromatic carbocycles. The van der Waals surface area contributed by atoms with Crippen LogP contribution in [-0.4, -0.2) is 38.1 Å². The fourth-order valence-corrected chi connectivity index (χ4v) is 1.85. The molecule has 2 nitrogen and oxygen atoms in total. The molecule has 1 saturated carbocycles. The minimum atomic E-state index is 0.409. The van der Waals surface area contributed by atoms with Gasteiger partial charge in [0.05, 0.1) is 0 Å². The minimum Gasteiger partial charge on any atom is -0.319 e. The molecule has 2 heteroatoms. The summed E-state index contributed by atoms with van der Waals surface area (Å²) in [6.45, 7) is 6.95. The van der Waals surface area contributed by atoms with Crippen LogP contribution in [0.1, 0.15) is 26.7 Å². The maximum Gasteiger partial charge on any atom is 0.00936 e. The van der Waals surface area contributed by atoms with Gasteiger partial charge in [-0.3, -0.25) is 0 Å². The number of rotatable bonds is 5. The molecule has 0 amide bonds. The van der Waals surface area contributed by atoms with Crippen molar-refractivity contribution >= 4 is 0 Å². The Kier molecular flexibility index (Phi) is 3.13. The van der Waals surface area contributed by atoms with E-state index in [0.717, 1.165) is 12.6 Å². The van der Waals surface area contributed by atoms with Crippen LogP contribution < -0.4 is 5.32 Å². The van der Waals surface area contributed by atoms with Gasteiger partial charge in [-0.2, -0.15) is 0 Å². The monoisotopic (exact) mass is 170 g/mol. The summed E-state index contributed by atoms with van der Waals surface area (Å²) in [5.74, 6) is 0. The quantitative estimate of drug-likeness (QED) is 0.669. The standard InChI is InChI=1S/C10H22N2/c1-10(2,7-11-3)8-12(4)9-5-6-9/h9,11H,5-8H2,1-4H3. The highest BCUT2D eigenvalue weighted by Gasteiger charge is 2.29. The van der Waals surface area contributed by atoms with Crippen molar-refractivity contribution in [3.63, 3.8) is 0 Å². The maximum absolute atomic E-state index is 3.25. The lowest BCUT2D eigenvalue weighted by Gasteiger charge is -2.30. The smallest absolute Gasteiger partial charge is 0.00936 e. The van der Waals surface area contributed by atoms with Gasteiger partial charge in [-0.25, -0.2) is 0 Å². The Balaban J connectivity index is 2.26. The van der Waals surface area contributed by atoms with Gasteiger partial charge >= 0.3 is 0 Å². The molecular weight excluding hydrogens is 148 g/mol. The SMILES string of the molecule is CNCC(C)(C)CN(C)C1CC1. The van der Waals surface area contributed by atoms with Crippen LogP contribution in [0.4, 0.5) is 0 Å². The van der Waals surface area contributed by atoms with Gasteiger partial charge in [-0.1, -0.05) is 13.8 Å². The van der Waals surface area contributed by atoms with E-state index in [1.807, 2.05) is 7.05 Å². The van der Waals surface area contributed by atoms with Gasteiger partial charge in [0.15, 0.2) is 0 Å². The second kappa shape index (κ2) is 3.75. The summed E-state index contributed by atoms with van der Waals surface area (Å²) < 4.78 is 0. The highest BCUT2D eigenvalue weighted by molar-refractivity contribution is 4.86. The third-order valence-electron chi connectivity index (χ3n) is 2.50. The van der Waals surface area contributed by atoms with Gasteiger partial charge < -0.3 is 10.2 Å². The van der Waals surface area contributed by atoms with Crippen LogP contribution in [-0.2, 0) is 0 Å². The molecule has 0 aromatic rings. The Labute approximate surface area is 76.3 Å². The summed E-state index contributed by atoms with van der Waals surface area (Å²) >= 11 is 0. The van der Waals surface area contributed by atoms with Gasteiger partial charge in [0.1, 0.15) is 0 Å². The van der Waals surface area contributed by atoms with Crippen molar-refractivity contribution in [3.8, 4) is 0 Å². The predicted octanol–water partition coefficient (Wildman–Crippen LogP) is 1.33. The van der Waals surface area contributed by atoms with Gasteiger partial charge in [0, 0.05) is 19.1 Å². The van der Waals surface area contributed by atoms with E-state index in [9.17, 15) is 0 Å². The van der Waals surface area contributed by atoms with Crippen molar-refractivity contribution in [2.75, 3.05) is 27.2 Å². The Morgan fingerprint density at radius 2 is 2.00 bits per heavy atom. The lowest BCUT2D eigenvalue weighted by Crippen LogP contribution is -2.38. The van der Waals surface area contributed by atoms with Gasteiger partial charge in [0.2, 0.25) is 0 Å². The average Bonchev–Trinajstić information content (AvgIpc) is 2.65. The van der Waals surface area contributed by atoms with Crippen LogP contribution in [0.25, 0.3) is 0 Å². The topological polar surface area (TPSA) is 15.3 Å². The highest BCUT2D eigenvalue weighted by Crippen LogP contribution is 2.28. The molecular formula is C10H22N2.